The molecule has 0 aliphatic carbocycles. The van der Waals surface area contributed by atoms with Gasteiger partial charge in [-0.2, -0.15) is 0 Å². The maximum atomic E-state index is 11.1. The molecule has 0 radical (unpaired) electrons. The molecule has 0 unspecified atom stereocenters. The third-order valence-corrected chi connectivity index (χ3v) is 4.70. The minimum absolute atomic E-state index is 0.200. The number of benzene rings is 2. The molecule has 0 atom stereocenters. The molecule has 2 heterocycles. The molecule has 1 aromatic heterocycles. The van der Waals surface area contributed by atoms with Gasteiger partial charge in [0.05, 0.1) is 19.3 Å². The van der Waals surface area contributed by atoms with Crippen molar-refractivity contribution in [3.63, 3.8) is 0 Å². The number of amides is 1. The molecule has 2 aromatic carbocycles. The van der Waals surface area contributed by atoms with Crippen molar-refractivity contribution in [3.8, 4) is 17.2 Å². The zero-order valence-electron chi connectivity index (χ0n) is 15.5. The van der Waals surface area contributed by atoms with Crippen LogP contribution in [0.2, 0.25) is 0 Å². The summed E-state index contributed by atoms with van der Waals surface area (Å²) in [5.74, 6) is 1.80. The number of hydrogen-bond acceptors (Lipinski definition) is 6. The number of ether oxygens (including phenoxy) is 2. The fourth-order valence-corrected chi connectivity index (χ4v) is 3.11. The van der Waals surface area contributed by atoms with Gasteiger partial charge in [-0.1, -0.05) is 17.3 Å². The molecule has 1 fully saturated rings. The van der Waals surface area contributed by atoms with Crippen molar-refractivity contribution in [1.29, 1.82) is 0 Å². The number of aromatic nitrogens is 3. The Bertz CT molecular complexity index is 947. The summed E-state index contributed by atoms with van der Waals surface area (Å²) in [5, 5.41) is 7.76. The first-order chi connectivity index (χ1) is 13.6. The Kier molecular flexibility index (Phi) is 4.94. The van der Waals surface area contributed by atoms with E-state index in [0.29, 0.717) is 0 Å². The first-order valence-electron chi connectivity index (χ1n) is 8.95. The molecule has 1 amide bonds. The fourth-order valence-electron chi connectivity index (χ4n) is 3.11. The Labute approximate surface area is 162 Å². The smallest absolute Gasteiger partial charge is 0.270 e. The first-order valence-corrected chi connectivity index (χ1v) is 8.95. The van der Waals surface area contributed by atoms with Crippen molar-refractivity contribution in [2.75, 3.05) is 20.2 Å². The van der Waals surface area contributed by atoms with Gasteiger partial charge in [0.25, 0.3) is 5.91 Å². The van der Waals surface area contributed by atoms with Gasteiger partial charge in [0, 0.05) is 19.6 Å². The number of rotatable bonds is 7. The molecule has 4 rings (SSSR count). The number of nitrogens with two attached hydrogens (primary N) is 1. The zero-order chi connectivity index (χ0) is 19.5. The van der Waals surface area contributed by atoms with Crippen LogP contribution in [0.5, 0.6) is 17.2 Å². The minimum Gasteiger partial charge on any atom is -0.497 e. The lowest BCUT2D eigenvalue weighted by atomic mass is 10.1. The van der Waals surface area contributed by atoms with E-state index in [0.717, 1.165) is 36.9 Å². The molecular weight excluding hydrogens is 358 g/mol. The molecule has 1 aliphatic heterocycles. The molecule has 8 nitrogen and oxygen atoms in total. The molecule has 0 spiro atoms. The predicted molar refractivity (Wildman–Crippen MR) is 102 cm³/mol. The average molecular weight is 379 g/mol. The average Bonchev–Trinajstić information content (AvgIpc) is 3.16. The highest BCUT2D eigenvalue weighted by atomic mass is 16.5. The summed E-state index contributed by atoms with van der Waals surface area (Å²) >= 11 is 0. The largest absolute Gasteiger partial charge is 0.497 e. The summed E-state index contributed by atoms with van der Waals surface area (Å²) in [6, 6.07) is 15.8. The van der Waals surface area contributed by atoms with E-state index in [1.54, 1.807) is 18.0 Å². The van der Waals surface area contributed by atoms with Crippen LogP contribution in [0.15, 0.2) is 54.7 Å². The molecule has 28 heavy (non-hydrogen) atoms. The van der Waals surface area contributed by atoms with Crippen molar-refractivity contribution in [2.45, 2.75) is 12.6 Å². The molecule has 3 aromatic rings. The van der Waals surface area contributed by atoms with E-state index < -0.39 is 5.91 Å². The quantitative estimate of drug-likeness (QED) is 0.676. The Morgan fingerprint density at radius 3 is 2.25 bits per heavy atom. The molecule has 144 valence electrons. The van der Waals surface area contributed by atoms with Gasteiger partial charge in [-0.05, 0) is 42.0 Å². The minimum atomic E-state index is -0.556. The highest BCUT2D eigenvalue weighted by molar-refractivity contribution is 5.90. The lowest BCUT2D eigenvalue weighted by Crippen LogP contribution is -2.47. The van der Waals surface area contributed by atoms with Crippen LogP contribution in [0.4, 0.5) is 0 Å². The molecule has 1 saturated heterocycles. The van der Waals surface area contributed by atoms with Gasteiger partial charge < -0.3 is 15.2 Å². The third-order valence-electron chi connectivity index (χ3n) is 4.70. The first kappa shape index (κ1) is 18.0. The van der Waals surface area contributed by atoms with E-state index in [4.69, 9.17) is 15.2 Å². The molecule has 0 saturated carbocycles. The van der Waals surface area contributed by atoms with Crippen LogP contribution in [0.3, 0.4) is 0 Å². The topological polar surface area (TPSA) is 95.5 Å². The number of hydrogen-bond donors (Lipinski definition) is 1. The number of nitrogens with zero attached hydrogens (tertiary/aromatic N) is 4. The summed E-state index contributed by atoms with van der Waals surface area (Å²) < 4.78 is 12.7. The van der Waals surface area contributed by atoms with Crippen molar-refractivity contribution < 1.29 is 14.3 Å². The van der Waals surface area contributed by atoms with Gasteiger partial charge in [0.15, 0.2) is 5.69 Å². The van der Waals surface area contributed by atoms with Crippen molar-refractivity contribution in [3.05, 3.63) is 66.0 Å². The van der Waals surface area contributed by atoms with Crippen LogP contribution in [0.1, 0.15) is 22.1 Å². The van der Waals surface area contributed by atoms with Crippen molar-refractivity contribution in [2.24, 2.45) is 5.73 Å². The van der Waals surface area contributed by atoms with Crippen LogP contribution in [0, 0.1) is 0 Å². The monoisotopic (exact) mass is 379 g/mol. The van der Waals surface area contributed by atoms with E-state index in [2.05, 4.69) is 27.3 Å². The van der Waals surface area contributed by atoms with E-state index in [1.165, 1.54) is 5.56 Å². The highest BCUT2D eigenvalue weighted by Gasteiger charge is 2.29. The number of methoxy groups -OCH3 is 1. The van der Waals surface area contributed by atoms with Gasteiger partial charge >= 0.3 is 0 Å². The Hall–Kier alpha value is -3.39. The summed E-state index contributed by atoms with van der Waals surface area (Å²) in [6.45, 7) is 2.55. The van der Waals surface area contributed by atoms with Gasteiger partial charge in [-0.3, -0.25) is 9.69 Å². The number of carbonyl (C=O) groups is 1. The highest BCUT2D eigenvalue weighted by Crippen LogP contribution is 2.26. The third kappa shape index (κ3) is 3.96. The predicted octanol–water partition coefficient (Wildman–Crippen LogP) is 2.23. The zero-order valence-corrected chi connectivity index (χ0v) is 15.5. The molecule has 1 aliphatic rings. The SMILES string of the molecule is COc1ccc(Oc2ccc(CN3CC(n4cc(C(N)=O)nn4)C3)cc2)cc1. The van der Waals surface area contributed by atoms with Gasteiger partial charge in [-0.25, -0.2) is 4.68 Å². The van der Waals surface area contributed by atoms with E-state index in [9.17, 15) is 4.79 Å². The van der Waals surface area contributed by atoms with Crippen LogP contribution in [0.25, 0.3) is 0 Å². The maximum absolute atomic E-state index is 11.1. The van der Waals surface area contributed by atoms with E-state index in [-0.39, 0.29) is 11.7 Å². The number of carbonyl (C=O) groups excluding carboxylic acids is 1. The van der Waals surface area contributed by atoms with Gasteiger partial charge in [0.2, 0.25) is 0 Å². The lowest BCUT2D eigenvalue weighted by molar-refractivity contribution is 0.0895. The Morgan fingerprint density at radius 1 is 1.07 bits per heavy atom. The summed E-state index contributed by atoms with van der Waals surface area (Å²) in [6.07, 6.45) is 1.61. The van der Waals surface area contributed by atoms with Crippen molar-refractivity contribution in [1.82, 2.24) is 19.9 Å². The van der Waals surface area contributed by atoms with E-state index in [1.807, 2.05) is 36.4 Å². The van der Waals surface area contributed by atoms with Crippen LogP contribution in [-0.4, -0.2) is 46.0 Å². The molecule has 8 heteroatoms. The maximum Gasteiger partial charge on any atom is 0.270 e. The normalized spacial score (nSPS) is 14.5. The Balaban J connectivity index is 1.28. The summed E-state index contributed by atoms with van der Waals surface area (Å²) in [7, 11) is 1.64. The second-order valence-electron chi connectivity index (χ2n) is 6.72. The second kappa shape index (κ2) is 7.69. The molecule has 2 N–H and O–H groups in total. The van der Waals surface area contributed by atoms with Crippen LogP contribution >= 0.6 is 0 Å². The second-order valence-corrected chi connectivity index (χ2v) is 6.72. The van der Waals surface area contributed by atoms with Gasteiger partial charge in [0.1, 0.15) is 17.2 Å². The number of primary amides is 1. The van der Waals surface area contributed by atoms with Gasteiger partial charge in [-0.15, -0.1) is 5.10 Å². The van der Waals surface area contributed by atoms with E-state index >= 15 is 0 Å². The molecule has 0 bridgehead atoms. The van der Waals surface area contributed by atoms with Crippen LogP contribution < -0.4 is 15.2 Å². The van der Waals surface area contributed by atoms with Crippen LogP contribution in [-0.2, 0) is 6.54 Å². The lowest BCUT2D eigenvalue weighted by Gasteiger charge is -2.38. The summed E-state index contributed by atoms with van der Waals surface area (Å²) in [5.41, 5.74) is 6.61. The standard InChI is InChI=1S/C20H21N5O3/c1-27-16-6-8-18(9-7-16)28-17-4-2-14(3-5-17)10-24-11-15(12-24)25-13-19(20(21)26)22-23-25/h2-9,13,15H,10-12H2,1H3,(H2,21,26). The fraction of sp³-hybridized carbons (Fsp3) is 0.250. The summed E-state index contributed by atoms with van der Waals surface area (Å²) in [4.78, 5) is 13.4. The molecular formula is C20H21N5O3. The van der Waals surface area contributed by atoms with Crippen molar-refractivity contribution >= 4 is 5.91 Å². The Morgan fingerprint density at radius 2 is 1.68 bits per heavy atom. The number of likely N-dealkylation sites (tertiary alicyclic amines) is 1.